The van der Waals surface area contributed by atoms with Crippen molar-refractivity contribution in [2.75, 3.05) is 13.2 Å². The summed E-state index contributed by atoms with van der Waals surface area (Å²) in [4.78, 5) is 0. The number of aryl methyl sites for hydroxylation is 1. The van der Waals surface area contributed by atoms with E-state index in [2.05, 4.69) is 37.3 Å². The van der Waals surface area contributed by atoms with E-state index in [0.717, 1.165) is 26.1 Å². The van der Waals surface area contributed by atoms with Crippen molar-refractivity contribution in [2.24, 2.45) is 0 Å². The molecule has 0 radical (unpaired) electrons. The number of rotatable bonds is 13. The first-order valence-electron chi connectivity index (χ1n) is 8.55. The molecule has 0 amide bonds. The van der Waals surface area contributed by atoms with Crippen LogP contribution < -0.4 is 0 Å². The summed E-state index contributed by atoms with van der Waals surface area (Å²) in [6.07, 6.45) is 13.2. The summed E-state index contributed by atoms with van der Waals surface area (Å²) < 4.78 is 5.70. The Labute approximate surface area is 125 Å². The molecule has 1 rings (SSSR count). The lowest BCUT2D eigenvalue weighted by Crippen LogP contribution is -1.98. The molecule has 1 aromatic rings. The van der Waals surface area contributed by atoms with E-state index in [1.165, 1.54) is 56.9 Å². The Bertz CT molecular complexity index is 294. The van der Waals surface area contributed by atoms with E-state index in [0.29, 0.717) is 0 Å². The monoisotopic (exact) mass is 276 g/mol. The number of benzene rings is 1. The average Bonchev–Trinajstić information content (AvgIpc) is 2.49. The third-order valence-corrected chi connectivity index (χ3v) is 3.74. The second-order valence-electron chi connectivity index (χ2n) is 5.68. The molecular weight excluding hydrogens is 244 g/mol. The van der Waals surface area contributed by atoms with Crippen molar-refractivity contribution in [1.29, 1.82) is 0 Å². The van der Waals surface area contributed by atoms with Crippen LogP contribution >= 0.6 is 0 Å². The van der Waals surface area contributed by atoms with Crippen LogP contribution in [-0.4, -0.2) is 13.2 Å². The quantitative estimate of drug-likeness (QED) is 0.415. The van der Waals surface area contributed by atoms with Gasteiger partial charge in [0.25, 0.3) is 0 Å². The first-order valence-corrected chi connectivity index (χ1v) is 8.55. The second-order valence-corrected chi connectivity index (χ2v) is 5.68. The van der Waals surface area contributed by atoms with E-state index < -0.39 is 0 Å². The van der Waals surface area contributed by atoms with E-state index in [9.17, 15) is 0 Å². The zero-order chi connectivity index (χ0) is 14.3. The number of hydrogen-bond acceptors (Lipinski definition) is 1. The van der Waals surface area contributed by atoms with Gasteiger partial charge in [-0.15, -0.1) is 0 Å². The third-order valence-electron chi connectivity index (χ3n) is 3.74. The molecule has 114 valence electrons. The van der Waals surface area contributed by atoms with Crippen molar-refractivity contribution < 1.29 is 4.74 Å². The second kappa shape index (κ2) is 13.2. The first-order chi connectivity index (χ1) is 9.93. The zero-order valence-corrected chi connectivity index (χ0v) is 13.3. The molecule has 1 aromatic carbocycles. The highest BCUT2D eigenvalue weighted by Crippen LogP contribution is 2.08. The number of ether oxygens (including phenoxy) is 1. The summed E-state index contributed by atoms with van der Waals surface area (Å²) in [5.41, 5.74) is 1.42. The van der Waals surface area contributed by atoms with Gasteiger partial charge in [0, 0.05) is 13.2 Å². The molecule has 0 aliphatic heterocycles. The van der Waals surface area contributed by atoms with Gasteiger partial charge in [-0.2, -0.15) is 0 Å². The van der Waals surface area contributed by atoms with Gasteiger partial charge in [-0.25, -0.2) is 0 Å². The Morgan fingerprint density at radius 1 is 0.700 bits per heavy atom. The van der Waals surface area contributed by atoms with Gasteiger partial charge in [-0.05, 0) is 24.8 Å². The summed E-state index contributed by atoms with van der Waals surface area (Å²) in [5, 5.41) is 0. The Balaban J connectivity index is 1.77. The van der Waals surface area contributed by atoms with E-state index in [-0.39, 0.29) is 0 Å². The maximum absolute atomic E-state index is 5.70. The smallest absolute Gasteiger partial charge is 0.0469 e. The van der Waals surface area contributed by atoms with Crippen LogP contribution in [0.4, 0.5) is 0 Å². The van der Waals surface area contributed by atoms with Gasteiger partial charge in [-0.3, -0.25) is 0 Å². The molecule has 0 aromatic heterocycles. The van der Waals surface area contributed by atoms with Crippen molar-refractivity contribution in [3.63, 3.8) is 0 Å². The van der Waals surface area contributed by atoms with E-state index in [1.54, 1.807) is 0 Å². The van der Waals surface area contributed by atoms with Gasteiger partial charge in [0.2, 0.25) is 0 Å². The summed E-state index contributed by atoms with van der Waals surface area (Å²) in [5.74, 6) is 0. The predicted octanol–water partition coefficient (Wildman–Crippen LogP) is 5.78. The average molecular weight is 276 g/mol. The van der Waals surface area contributed by atoms with E-state index in [4.69, 9.17) is 4.74 Å². The highest BCUT2D eigenvalue weighted by molar-refractivity contribution is 5.14. The van der Waals surface area contributed by atoms with Crippen LogP contribution in [0.25, 0.3) is 0 Å². The molecule has 0 aliphatic rings. The molecule has 0 bridgehead atoms. The fraction of sp³-hybridized carbons (Fsp3) is 0.684. The summed E-state index contributed by atoms with van der Waals surface area (Å²) in [7, 11) is 0. The van der Waals surface area contributed by atoms with Crippen molar-refractivity contribution in [3.05, 3.63) is 35.9 Å². The van der Waals surface area contributed by atoms with Crippen molar-refractivity contribution in [2.45, 2.75) is 71.1 Å². The van der Waals surface area contributed by atoms with Crippen LogP contribution in [0.3, 0.4) is 0 Å². The molecule has 0 fully saturated rings. The summed E-state index contributed by atoms with van der Waals surface area (Å²) in [6.45, 7) is 4.13. The van der Waals surface area contributed by atoms with Gasteiger partial charge >= 0.3 is 0 Å². The van der Waals surface area contributed by atoms with Crippen LogP contribution in [0.5, 0.6) is 0 Å². The summed E-state index contributed by atoms with van der Waals surface area (Å²) >= 11 is 0. The maximum atomic E-state index is 5.70. The lowest BCUT2D eigenvalue weighted by Gasteiger charge is -2.05. The highest BCUT2D eigenvalue weighted by atomic mass is 16.5. The predicted molar refractivity (Wildman–Crippen MR) is 88.2 cm³/mol. The molecular formula is C19H32O. The topological polar surface area (TPSA) is 9.23 Å². The highest BCUT2D eigenvalue weighted by Gasteiger charge is 1.94. The van der Waals surface area contributed by atoms with Crippen LogP contribution in [0.15, 0.2) is 30.3 Å². The third kappa shape index (κ3) is 10.0. The Morgan fingerprint density at radius 2 is 1.30 bits per heavy atom. The van der Waals surface area contributed by atoms with Gasteiger partial charge in [0.15, 0.2) is 0 Å². The lowest BCUT2D eigenvalue weighted by atomic mass is 10.1. The first kappa shape index (κ1) is 17.2. The van der Waals surface area contributed by atoms with Gasteiger partial charge in [-0.1, -0.05) is 82.2 Å². The van der Waals surface area contributed by atoms with E-state index in [1.807, 2.05) is 0 Å². The lowest BCUT2D eigenvalue weighted by molar-refractivity contribution is 0.127. The maximum Gasteiger partial charge on any atom is 0.0469 e. The normalized spacial score (nSPS) is 10.8. The fourth-order valence-electron chi connectivity index (χ4n) is 2.46. The van der Waals surface area contributed by atoms with Crippen LogP contribution in [0, 0.1) is 0 Å². The Morgan fingerprint density at radius 3 is 2.00 bits per heavy atom. The molecule has 0 N–H and O–H groups in total. The largest absolute Gasteiger partial charge is 0.381 e. The van der Waals surface area contributed by atoms with Gasteiger partial charge in [0.05, 0.1) is 0 Å². The minimum absolute atomic E-state index is 0.908. The minimum atomic E-state index is 0.908. The Kier molecular flexibility index (Phi) is 11.4. The Hall–Kier alpha value is -0.820. The fourth-order valence-corrected chi connectivity index (χ4v) is 2.46. The minimum Gasteiger partial charge on any atom is -0.381 e. The standard InChI is InChI=1S/C19H32O/c1-2-3-4-5-6-7-8-12-17-20-18-13-16-19-14-10-9-11-15-19/h9-11,14-15H,2-8,12-13,16-18H2,1H3. The molecule has 0 aliphatic carbocycles. The van der Waals surface area contributed by atoms with E-state index >= 15 is 0 Å². The molecule has 0 atom stereocenters. The molecule has 0 heterocycles. The molecule has 1 heteroatoms. The SMILES string of the molecule is CCCCCCCCCCOCCCc1ccccc1. The van der Waals surface area contributed by atoms with Crippen LogP contribution in [-0.2, 0) is 11.2 Å². The molecule has 1 nitrogen and oxygen atoms in total. The van der Waals surface area contributed by atoms with Crippen LogP contribution in [0.2, 0.25) is 0 Å². The number of hydrogen-bond donors (Lipinski definition) is 0. The molecule has 0 unspecified atom stereocenters. The molecule has 20 heavy (non-hydrogen) atoms. The summed E-state index contributed by atoms with van der Waals surface area (Å²) in [6, 6.07) is 10.7. The zero-order valence-electron chi connectivity index (χ0n) is 13.3. The van der Waals surface area contributed by atoms with Crippen molar-refractivity contribution in [1.82, 2.24) is 0 Å². The molecule has 0 saturated heterocycles. The van der Waals surface area contributed by atoms with Crippen LogP contribution in [0.1, 0.15) is 70.3 Å². The van der Waals surface area contributed by atoms with Gasteiger partial charge in [0.1, 0.15) is 0 Å². The van der Waals surface area contributed by atoms with Gasteiger partial charge < -0.3 is 4.74 Å². The molecule has 0 saturated carbocycles. The number of unbranched alkanes of at least 4 members (excludes halogenated alkanes) is 7. The molecule has 0 spiro atoms. The van der Waals surface area contributed by atoms with Crippen molar-refractivity contribution >= 4 is 0 Å². The van der Waals surface area contributed by atoms with Crippen molar-refractivity contribution in [3.8, 4) is 0 Å².